The van der Waals surface area contributed by atoms with Gasteiger partial charge in [0, 0.05) is 0 Å². The van der Waals surface area contributed by atoms with Gasteiger partial charge in [0.2, 0.25) is 5.91 Å². The van der Waals surface area contributed by atoms with Crippen LogP contribution in [0.2, 0.25) is 0 Å². The van der Waals surface area contributed by atoms with Crippen molar-refractivity contribution in [1.29, 1.82) is 0 Å². The molecule has 1 aliphatic rings. The van der Waals surface area contributed by atoms with E-state index in [4.69, 9.17) is 10.5 Å². The molecule has 3 unspecified atom stereocenters. The second-order valence-corrected chi connectivity index (χ2v) is 5.70. The normalized spacial score (nSPS) is 25.2. The molecule has 20 heavy (non-hydrogen) atoms. The van der Waals surface area contributed by atoms with E-state index in [0.717, 1.165) is 19.3 Å². The zero-order valence-electron chi connectivity index (χ0n) is 12.3. The summed E-state index contributed by atoms with van der Waals surface area (Å²) in [5.41, 5.74) is 4.93. The number of hydrogen-bond donors (Lipinski definition) is 2. The fourth-order valence-corrected chi connectivity index (χ4v) is 2.48. The van der Waals surface area contributed by atoms with Crippen LogP contribution in [0.4, 0.5) is 8.78 Å². The highest BCUT2D eigenvalue weighted by atomic mass is 19.3. The number of hydrogen-bond acceptors (Lipinski definition) is 3. The third kappa shape index (κ3) is 5.71. The summed E-state index contributed by atoms with van der Waals surface area (Å²) in [6.45, 7) is 2.48. The van der Waals surface area contributed by atoms with Crippen LogP contribution >= 0.6 is 0 Å². The van der Waals surface area contributed by atoms with Crippen LogP contribution in [-0.4, -0.2) is 37.1 Å². The van der Waals surface area contributed by atoms with Crippen molar-refractivity contribution in [2.75, 3.05) is 13.1 Å². The number of nitrogens with one attached hydrogen (secondary N) is 1. The number of halogens is 2. The largest absolute Gasteiger partial charge is 0.365 e. The topological polar surface area (TPSA) is 64.3 Å². The Morgan fingerprint density at radius 1 is 1.50 bits per heavy atom. The van der Waals surface area contributed by atoms with Crippen LogP contribution in [0.5, 0.6) is 0 Å². The van der Waals surface area contributed by atoms with Crippen LogP contribution in [-0.2, 0) is 9.53 Å². The monoisotopic (exact) mass is 292 g/mol. The summed E-state index contributed by atoms with van der Waals surface area (Å²) in [6.07, 6.45) is 4.03. The predicted octanol–water partition coefficient (Wildman–Crippen LogP) is 2.07. The van der Waals surface area contributed by atoms with Crippen LogP contribution in [0.1, 0.15) is 46.0 Å². The van der Waals surface area contributed by atoms with Gasteiger partial charge in [-0.25, -0.2) is 8.78 Å². The van der Waals surface area contributed by atoms with E-state index in [1.807, 2.05) is 6.92 Å². The van der Waals surface area contributed by atoms with Gasteiger partial charge < -0.3 is 15.8 Å². The molecule has 3 N–H and O–H groups in total. The number of carbonyl (C=O) groups is 1. The molecular formula is C14H26F2N2O2. The lowest BCUT2D eigenvalue weighted by Gasteiger charge is -2.30. The molecule has 0 saturated heterocycles. The van der Waals surface area contributed by atoms with Gasteiger partial charge in [-0.3, -0.25) is 4.79 Å². The van der Waals surface area contributed by atoms with E-state index >= 15 is 0 Å². The fourth-order valence-electron chi connectivity index (χ4n) is 2.48. The van der Waals surface area contributed by atoms with Gasteiger partial charge in [0.05, 0.1) is 19.2 Å². The summed E-state index contributed by atoms with van der Waals surface area (Å²) >= 11 is 0. The summed E-state index contributed by atoms with van der Waals surface area (Å²) in [5, 5.41) is 2.23. The first-order valence-electron chi connectivity index (χ1n) is 7.39. The average Bonchev–Trinajstić information content (AvgIpc) is 2.42. The lowest BCUT2D eigenvalue weighted by atomic mass is 9.88. The summed E-state index contributed by atoms with van der Waals surface area (Å²) in [4.78, 5) is 11.9. The summed E-state index contributed by atoms with van der Waals surface area (Å²) in [7, 11) is 0. The molecule has 0 aromatic carbocycles. The Bertz CT molecular complexity index is 314. The fraction of sp³-hybridized carbons (Fsp3) is 0.929. The van der Waals surface area contributed by atoms with E-state index in [1.165, 1.54) is 6.42 Å². The van der Waals surface area contributed by atoms with Gasteiger partial charge in [-0.2, -0.15) is 0 Å². The highest BCUT2D eigenvalue weighted by Gasteiger charge is 2.30. The summed E-state index contributed by atoms with van der Waals surface area (Å²) in [5.74, 6) is -2.94. The second kappa shape index (κ2) is 7.88. The van der Waals surface area contributed by atoms with Gasteiger partial charge in [-0.05, 0) is 25.2 Å². The molecule has 6 heteroatoms. The molecule has 1 fully saturated rings. The molecule has 0 aromatic heterocycles. The van der Waals surface area contributed by atoms with Crippen molar-refractivity contribution in [1.82, 2.24) is 5.32 Å². The van der Waals surface area contributed by atoms with E-state index < -0.39 is 31.0 Å². The number of amides is 1. The van der Waals surface area contributed by atoms with E-state index in [9.17, 15) is 13.6 Å². The maximum Gasteiger partial charge on any atom is 0.277 e. The molecule has 1 amide bonds. The minimum Gasteiger partial charge on any atom is -0.365 e. The first kappa shape index (κ1) is 17.3. The number of rotatable bonds is 7. The van der Waals surface area contributed by atoms with Crippen LogP contribution in [0.15, 0.2) is 0 Å². The first-order valence-corrected chi connectivity index (χ1v) is 7.39. The van der Waals surface area contributed by atoms with Crippen molar-refractivity contribution in [3.05, 3.63) is 0 Å². The van der Waals surface area contributed by atoms with Crippen molar-refractivity contribution < 1.29 is 18.3 Å². The lowest BCUT2D eigenvalue weighted by Crippen LogP contribution is -2.46. The Balaban J connectivity index is 2.42. The van der Waals surface area contributed by atoms with Gasteiger partial charge in [-0.15, -0.1) is 0 Å². The standard InChI is InChI=1S/C14H26F2N2O2/c1-3-12(13(19)18-9-14(15,16)8-17)20-11-6-4-5-10(2)7-11/h10-12H,3-9,17H2,1-2H3,(H,18,19). The SMILES string of the molecule is CCC(OC1CCCC(C)C1)C(=O)NCC(F)(F)CN. The third-order valence-corrected chi connectivity index (χ3v) is 3.73. The van der Waals surface area contributed by atoms with E-state index in [0.29, 0.717) is 12.3 Å². The molecule has 0 heterocycles. The Kier molecular flexibility index (Phi) is 6.82. The minimum absolute atomic E-state index is 0.0597. The maximum absolute atomic E-state index is 13.0. The number of alkyl halides is 2. The molecule has 0 spiro atoms. The van der Waals surface area contributed by atoms with Gasteiger partial charge in [-0.1, -0.05) is 26.7 Å². The zero-order valence-corrected chi connectivity index (χ0v) is 12.3. The van der Waals surface area contributed by atoms with Crippen molar-refractivity contribution in [2.24, 2.45) is 11.7 Å². The molecular weight excluding hydrogens is 266 g/mol. The van der Waals surface area contributed by atoms with Gasteiger partial charge in [0.15, 0.2) is 0 Å². The molecule has 3 atom stereocenters. The number of carbonyl (C=O) groups excluding carboxylic acids is 1. The zero-order chi connectivity index (χ0) is 15.2. The molecule has 118 valence electrons. The Hall–Kier alpha value is -0.750. The molecule has 1 saturated carbocycles. The van der Waals surface area contributed by atoms with Gasteiger partial charge in [0.1, 0.15) is 6.10 Å². The van der Waals surface area contributed by atoms with Crippen molar-refractivity contribution in [3.63, 3.8) is 0 Å². The van der Waals surface area contributed by atoms with Crippen LogP contribution in [0.25, 0.3) is 0 Å². The number of nitrogens with two attached hydrogens (primary N) is 1. The number of ether oxygens (including phenoxy) is 1. The third-order valence-electron chi connectivity index (χ3n) is 3.73. The lowest BCUT2D eigenvalue weighted by molar-refractivity contribution is -0.140. The smallest absolute Gasteiger partial charge is 0.277 e. The molecule has 0 radical (unpaired) electrons. The van der Waals surface area contributed by atoms with Gasteiger partial charge >= 0.3 is 0 Å². The average molecular weight is 292 g/mol. The molecule has 4 nitrogen and oxygen atoms in total. The van der Waals surface area contributed by atoms with Crippen LogP contribution < -0.4 is 11.1 Å². The summed E-state index contributed by atoms with van der Waals surface area (Å²) < 4.78 is 31.8. The van der Waals surface area contributed by atoms with Gasteiger partial charge in [0.25, 0.3) is 5.92 Å². The molecule has 0 aromatic rings. The van der Waals surface area contributed by atoms with Crippen molar-refractivity contribution in [3.8, 4) is 0 Å². The first-order chi connectivity index (χ1) is 9.38. The van der Waals surface area contributed by atoms with Crippen molar-refractivity contribution in [2.45, 2.75) is 64.1 Å². The van der Waals surface area contributed by atoms with E-state index in [-0.39, 0.29) is 6.10 Å². The molecule has 1 rings (SSSR count). The highest BCUT2D eigenvalue weighted by molar-refractivity contribution is 5.80. The maximum atomic E-state index is 13.0. The van der Waals surface area contributed by atoms with E-state index in [2.05, 4.69) is 12.2 Å². The van der Waals surface area contributed by atoms with E-state index in [1.54, 1.807) is 0 Å². The molecule has 0 aliphatic heterocycles. The van der Waals surface area contributed by atoms with Crippen molar-refractivity contribution >= 4 is 5.91 Å². The molecule has 0 bridgehead atoms. The predicted molar refractivity (Wildman–Crippen MR) is 73.6 cm³/mol. The van der Waals surface area contributed by atoms with Crippen LogP contribution in [0, 0.1) is 5.92 Å². The molecule has 1 aliphatic carbocycles. The minimum atomic E-state index is -3.06. The quantitative estimate of drug-likeness (QED) is 0.755. The second-order valence-electron chi connectivity index (χ2n) is 5.70. The van der Waals surface area contributed by atoms with Crippen LogP contribution in [0.3, 0.4) is 0 Å². The Labute approximate surface area is 119 Å². The highest BCUT2D eigenvalue weighted by Crippen LogP contribution is 2.27. The Morgan fingerprint density at radius 3 is 2.75 bits per heavy atom. The summed E-state index contributed by atoms with van der Waals surface area (Å²) in [6, 6.07) is 0. The Morgan fingerprint density at radius 2 is 2.20 bits per heavy atom.